The monoisotopic (exact) mass is 1010 g/mol. The number of ether oxygens (including phenoxy) is 1. The van der Waals surface area contributed by atoms with Crippen molar-refractivity contribution in [3.05, 3.63) is 24.3 Å². The minimum Gasteiger partial charge on any atom is -0.465 e. The van der Waals surface area contributed by atoms with Crippen molar-refractivity contribution in [2.24, 2.45) is 0 Å². The van der Waals surface area contributed by atoms with Crippen LogP contribution in [0.4, 0.5) is 0 Å². The standard InChI is InChI=1S/C66H127NO5/c1-3-5-7-9-11-13-15-16-17-18-19-20-21-23-26-29-32-35-39-42-46-50-54-58-64(69)63(62-68)67-65(70)59-55-51-47-43-40-36-33-30-27-24-22-25-28-31-34-37-41-45-49-53-57-61-72-66(71)60-56-52-48-44-38-14-12-10-8-6-4-2/h37,41,49,53,63-64,68-69H,3-36,38-40,42-48,50-52,54-62H2,1-2H3,(H,67,70)/b41-37-,53-49-. The highest BCUT2D eigenvalue weighted by atomic mass is 16.5. The molecule has 72 heavy (non-hydrogen) atoms. The molecule has 2 atom stereocenters. The molecule has 0 saturated carbocycles. The van der Waals surface area contributed by atoms with Gasteiger partial charge in [0.15, 0.2) is 0 Å². The highest BCUT2D eigenvalue weighted by molar-refractivity contribution is 5.76. The van der Waals surface area contributed by atoms with Crippen LogP contribution in [0.1, 0.15) is 361 Å². The third kappa shape index (κ3) is 57.6. The minimum atomic E-state index is -0.669. The van der Waals surface area contributed by atoms with Crippen molar-refractivity contribution in [3.8, 4) is 0 Å². The van der Waals surface area contributed by atoms with Crippen molar-refractivity contribution in [2.75, 3.05) is 13.2 Å². The summed E-state index contributed by atoms with van der Waals surface area (Å²) in [7, 11) is 0. The molecule has 0 aromatic heterocycles. The van der Waals surface area contributed by atoms with Crippen LogP contribution in [0.3, 0.4) is 0 Å². The maximum atomic E-state index is 12.5. The maximum absolute atomic E-state index is 12.5. The number of carbonyl (C=O) groups excluding carboxylic acids is 2. The third-order valence-corrected chi connectivity index (χ3v) is 15.3. The van der Waals surface area contributed by atoms with Gasteiger partial charge in [0.05, 0.1) is 25.4 Å². The highest BCUT2D eigenvalue weighted by Crippen LogP contribution is 2.18. The highest BCUT2D eigenvalue weighted by Gasteiger charge is 2.20. The molecule has 0 fully saturated rings. The lowest BCUT2D eigenvalue weighted by atomic mass is 10.0. The first-order valence-electron chi connectivity index (χ1n) is 32.6. The van der Waals surface area contributed by atoms with Crippen LogP contribution in [0, 0.1) is 0 Å². The Kier molecular flexibility index (Phi) is 60.5. The van der Waals surface area contributed by atoms with Gasteiger partial charge in [-0.3, -0.25) is 9.59 Å². The van der Waals surface area contributed by atoms with Gasteiger partial charge in [-0.25, -0.2) is 0 Å². The molecule has 0 aromatic rings. The van der Waals surface area contributed by atoms with E-state index in [4.69, 9.17) is 4.74 Å². The third-order valence-electron chi connectivity index (χ3n) is 15.3. The Morgan fingerprint density at radius 3 is 1.06 bits per heavy atom. The van der Waals surface area contributed by atoms with Crippen LogP contribution < -0.4 is 5.32 Å². The average molecular weight is 1010 g/mol. The van der Waals surface area contributed by atoms with Crippen LogP contribution in [0.15, 0.2) is 24.3 Å². The van der Waals surface area contributed by atoms with Crippen molar-refractivity contribution in [3.63, 3.8) is 0 Å². The van der Waals surface area contributed by atoms with E-state index in [9.17, 15) is 19.8 Å². The molecule has 0 bridgehead atoms. The molecule has 2 unspecified atom stereocenters. The molecule has 1 amide bonds. The van der Waals surface area contributed by atoms with Crippen molar-refractivity contribution in [1.82, 2.24) is 5.32 Å². The van der Waals surface area contributed by atoms with Crippen LogP contribution in [0.5, 0.6) is 0 Å². The molecule has 6 heteroatoms. The number of nitrogens with one attached hydrogen (secondary N) is 1. The summed E-state index contributed by atoms with van der Waals surface area (Å²) in [6, 6.07) is -0.546. The van der Waals surface area contributed by atoms with E-state index in [2.05, 4.69) is 43.5 Å². The Morgan fingerprint density at radius 2 is 0.694 bits per heavy atom. The average Bonchev–Trinajstić information content (AvgIpc) is 3.38. The number of carbonyl (C=O) groups is 2. The fourth-order valence-corrected chi connectivity index (χ4v) is 10.3. The predicted octanol–water partition coefficient (Wildman–Crippen LogP) is 20.6. The SMILES string of the molecule is CCCCCCCCCCCCCCCCCCCCCCCCCC(O)C(CO)NC(=O)CCCCCCCCCCCCCCCC/C=C\C/C=C\CCOC(=O)CCCCCCCCCCCCC. The van der Waals surface area contributed by atoms with Crippen molar-refractivity contribution >= 4 is 11.9 Å². The van der Waals surface area contributed by atoms with Crippen molar-refractivity contribution < 1.29 is 24.5 Å². The zero-order chi connectivity index (χ0) is 52.2. The Balaban J connectivity index is 3.44. The fraction of sp³-hybridized carbons (Fsp3) is 0.909. The van der Waals surface area contributed by atoms with E-state index >= 15 is 0 Å². The van der Waals surface area contributed by atoms with Crippen molar-refractivity contribution in [2.45, 2.75) is 373 Å². The van der Waals surface area contributed by atoms with Crippen LogP contribution >= 0.6 is 0 Å². The zero-order valence-electron chi connectivity index (χ0n) is 48.7. The largest absolute Gasteiger partial charge is 0.465 e. The van der Waals surface area contributed by atoms with E-state index in [1.54, 1.807) is 0 Å². The molecule has 0 aliphatic rings. The van der Waals surface area contributed by atoms with Crippen LogP contribution in [0.25, 0.3) is 0 Å². The number of aliphatic hydroxyl groups excluding tert-OH is 2. The number of allylic oxidation sites excluding steroid dienone is 3. The van der Waals surface area contributed by atoms with Gasteiger partial charge in [0.1, 0.15) is 0 Å². The summed E-state index contributed by atoms with van der Waals surface area (Å²) in [5.41, 5.74) is 0. The number of esters is 1. The number of aliphatic hydroxyl groups is 2. The summed E-state index contributed by atoms with van der Waals surface area (Å²) in [6.45, 7) is 4.87. The molecule has 3 N–H and O–H groups in total. The summed E-state index contributed by atoms with van der Waals surface area (Å²) in [6.07, 6.45) is 76.4. The molecule has 0 aromatic carbocycles. The molecule has 6 nitrogen and oxygen atoms in total. The Hall–Kier alpha value is -1.66. The molecule has 0 radical (unpaired) electrons. The smallest absolute Gasteiger partial charge is 0.305 e. The van der Waals surface area contributed by atoms with E-state index < -0.39 is 12.1 Å². The van der Waals surface area contributed by atoms with Gasteiger partial charge in [0.25, 0.3) is 0 Å². The van der Waals surface area contributed by atoms with E-state index in [0.717, 1.165) is 51.4 Å². The molecule has 0 spiro atoms. The molecule has 0 aliphatic heterocycles. The zero-order valence-corrected chi connectivity index (χ0v) is 48.7. The lowest BCUT2D eigenvalue weighted by molar-refractivity contribution is -0.143. The Bertz CT molecular complexity index is 1120. The topological polar surface area (TPSA) is 95.9 Å². The lowest BCUT2D eigenvalue weighted by Crippen LogP contribution is -2.45. The van der Waals surface area contributed by atoms with Crippen LogP contribution in [-0.2, 0) is 14.3 Å². The lowest BCUT2D eigenvalue weighted by Gasteiger charge is -2.22. The second kappa shape index (κ2) is 61.9. The number of amides is 1. The van der Waals surface area contributed by atoms with Crippen LogP contribution in [-0.4, -0.2) is 47.4 Å². The van der Waals surface area contributed by atoms with E-state index in [1.807, 2.05) is 0 Å². The minimum absolute atomic E-state index is 0.0348. The Labute approximate surface area is 450 Å². The van der Waals surface area contributed by atoms with Gasteiger partial charge in [-0.15, -0.1) is 0 Å². The second-order valence-corrected chi connectivity index (χ2v) is 22.5. The van der Waals surface area contributed by atoms with Crippen LogP contribution in [0.2, 0.25) is 0 Å². The second-order valence-electron chi connectivity index (χ2n) is 22.5. The van der Waals surface area contributed by atoms with Crippen molar-refractivity contribution in [1.29, 1.82) is 0 Å². The van der Waals surface area contributed by atoms with Gasteiger partial charge < -0.3 is 20.3 Å². The van der Waals surface area contributed by atoms with Gasteiger partial charge >= 0.3 is 5.97 Å². The first-order valence-corrected chi connectivity index (χ1v) is 32.6. The van der Waals surface area contributed by atoms with Gasteiger partial charge in [-0.1, -0.05) is 327 Å². The van der Waals surface area contributed by atoms with Gasteiger partial charge in [-0.2, -0.15) is 0 Å². The number of hydrogen-bond acceptors (Lipinski definition) is 5. The summed E-state index contributed by atoms with van der Waals surface area (Å²) < 4.78 is 5.40. The predicted molar refractivity (Wildman–Crippen MR) is 315 cm³/mol. The maximum Gasteiger partial charge on any atom is 0.305 e. The van der Waals surface area contributed by atoms with E-state index in [1.165, 1.54) is 276 Å². The molecular formula is C66H127NO5. The summed E-state index contributed by atoms with van der Waals surface area (Å²) in [5, 5.41) is 23.4. The molecule has 426 valence electrons. The molecule has 0 saturated heterocycles. The quantitative estimate of drug-likeness (QED) is 0.0320. The van der Waals surface area contributed by atoms with Gasteiger partial charge in [0, 0.05) is 12.8 Å². The van der Waals surface area contributed by atoms with E-state index in [-0.39, 0.29) is 18.5 Å². The normalized spacial score (nSPS) is 12.7. The van der Waals surface area contributed by atoms with Gasteiger partial charge in [-0.05, 0) is 44.9 Å². The first-order chi connectivity index (χ1) is 35.5. The number of rotatable bonds is 61. The number of hydrogen-bond donors (Lipinski definition) is 3. The summed E-state index contributed by atoms with van der Waals surface area (Å²) in [4.78, 5) is 24.5. The molecule has 0 rings (SSSR count). The number of unbranched alkanes of at least 4 members (excludes halogenated alkanes) is 46. The summed E-state index contributed by atoms with van der Waals surface area (Å²) in [5.74, 6) is -0.0704. The Morgan fingerprint density at radius 1 is 0.389 bits per heavy atom. The molecule has 0 aliphatic carbocycles. The summed E-state index contributed by atoms with van der Waals surface area (Å²) >= 11 is 0. The first kappa shape index (κ1) is 70.3. The molecule has 0 heterocycles. The van der Waals surface area contributed by atoms with Gasteiger partial charge in [0.2, 0.25) is 5.91 Å². The molecular weight excluding hydrogens is 887 g/mol. The van der Waals surface area contributed by atoms with E-state index in [0.29, 0.717) is 25.9 Å². The fourth-order valence-electron chi connectivity index (χ4n) is 10.3.